The monoisotopic (exact) mass is 399 g/mol. The zero-order chi connectivity index (χ0) is 20.9. The predicted octanol–water partition coefficient (Wildman–Crippen LogP) is 5.12. The normalized spacial score (nSPS) is 11.7. The van der Waals surface area contributed by atoms with E-state index in [1.807, 2.05) is 73.7 Å². The van der Waals surface area contributed by atoms with Gasteiger partial charge in [-0.15, -0.1) is 10.2 Å². The highest BCUT2D eigenvalue weighted by Crippen LogP contribution is 2.25. The molecule has 0 radical (unpaired) electrons. The summed E-state index contributed by atoms with van der Waals surface area (Å²) in [5.74, 6) is 1.31. The van der Waals surface area contributed by atoms with Crippen LogP contribution in [0.3, 0.4) is 0 Å². The summed E-state index contributed by atoms with van der Waals surface area (Å²) in [4.78, 5) is 12.4. The quantitative estimate of drug-likeness (QED) is 0.487. The molecule has 6 heteroatoms. The van der Waals surface area contributed by atoms with E-state index in [0.29, 0.717) is 23.2 Å². The second kappa shape index (κ2) is 8.61. The number of aryl methyl sites for hydroxylation is 1. The summed E-state index contributed by atoms with van der Waals surface area (Å²) in [5, 5.41) is 11.1. The Bertz CT molecular complexity index is 1120. The van der Waals surface area contributed by atoms with Crippen molar-refractivity contribution in [3.8, 4) is 28.7 Å². The van der Waals surface area contributed by atoms with Crippen LogP contribution in [0.2, 0.25) is 0 Å². The van der Waals surface area contributed by atoms with Gasteiger partial charge >= 0.3 is 0 Å². The van der Waals surface area contributed by atoms with E-state index in [1.54, 1.807) is 19.1 Å². The summed E-state index contributed by atoms with van der Waals surface area (Å²) in [6.45, 7) is 3.72. The van der Waals surface area contributed by atoms with E-state index in [9.17, 15) is 4.79 Å². The van der Waals surface area contributed by atoms with Gasteiger partial charge in [-0.05, 0) is 62.4 Å². The molecular formula is C24H21N3O3. The molecule has 0 aliphatic heterocycles. The fourth-order valence-electron chi connectivity index (χ4n) is 2.85. The summed E-state index contributed by atoms with van der Waals surface area (Å²) in [5.41, 5.74) is 3.43. The lowest BCUT2D eigenvalue weighted by Crippen LogP contribution is -2.30. The molecule has 4 rings (SSSR count). The fourth-order valence-corrected chi connectivity index (χ4v) is 2.85. The Morgan fingerprint density at radius 2 is 1.47 bits per heavy atom. The number of nitrogens with one attached hydrogen (secondary N) is 1. The minimum atomic E-state index is -0.628. The van der Waals surface area contributed by atoms with Gasteiger partial charge in [-0.3, -0.25) is 4.79 Å². The SMILES string of the molecule is Cc1ccc(OC(C)C(=O)Nc2ccc(-c3nnc(-c4ccccc4)o3)cc2)cc1. The molecule has 0 aliphatic rings. The molecular weight excluding hydrogens is 378 g/mol. The van der Waals surface area contributed by atoms with Crippen LogP contribution >= 0.6 is 0 Å². The smallest absolute Gasteiger partial charge is 0.265 e. The average molecular weight is 399 g/mol. The molecule has 150 valence electrons. The Labute approximate surface area is 174 Å². The van der Waals surface area contributed by atoms with Crippen LogP contribution in [0.1, 0.15) is 12.5 Å². The van der Waals surface area contributed by atoms with Crippen molar-refractivity contribution in [2.75, 3.05) is 5.32 Å². The van der Waals surface area contributed by atoms with E-state index in [-0.39, 0.29) is 5.91 Å². The Balaban J connectivity index is 1.39. The highest BCUT2D eigenvalue weighted by atomic mass is 16.5. The van der Waals surface area contributed by atoms with Crippen molar-refractivity contribution >= 4 is 11.6 Å². The van der Waals surface area contributed by atoms with Crippen LogP contribution in [0, 0.1) is 6.92 Å². The van der Waals surface area contributed by atoms with Gasteiger partial charge in [-0.1, -0.05) is 35.9 Å². The van der Waals surface area contributed by atoms with Gasteiger partial charge in [0, 0.05) is 16.8 Å². The molecule has 1 unspecified atom stereocenters. The van der Waals surface area contributed by atoms with Crippen molar-refractivity contribution in [1.82, 2.24) is 10.2 Å². The number of rotatable bonds is 6. The minimum Gasteiger partial charge on any atom is -0.481 e. The molecule has 1 amide bonds. The number of anilines is 1. The molecule has 1 aromatic heterocycles. The largest absolute Gasteiger partial charge is 0.481 e. The Morgan fingerprint density at radius 3 is 2.10 bits per heavy atom. The zero-order valence-corrected chi connectivity index (χ0v) is 16.7. The topological polar surface area (TPSA) is 77.2 Å². The van der Waals surface area contributed by atoms with Gasteiger partial charge in [0.25, 0.3) is 5.91 Å². The summed E-state index contributed by atoms with van der Waals surface area (Å²) >= 11 is 0. The Morgan fingerprint density at radius 1 is 0.867 bits per heavy atom. The van der Waals surface area contributed by atoms with Crippen LogP contribution < -0.4 is 10.1 Å². The summed E-state index contributed by atoms with van der Waals surface area (Å²) < 4.78 is 11.5. The van der Waals surface area contributed by atoms with Gasteiger partial charge in [0.05, 0.1) is 0 Å². The summed E-state index contributed by atoms with van der Waals surface area (Å²) in [6.07, 6.45) is -0.628. The van der Waals surface area contributed by atoms with Crippen molar-refractivity contribution in [3.63, 3.8) is 0 Å². The van der Waals surface area contributed by atoms with Crippen molar-refractivity contribution < 1.29 is 13.9 Å². The summed E-state index contributed by atoms with van der Waals surface area (Å²) in [6, 6.07) is 24.4. The van der Waals surface area contributed by atoms with Crippen LogP contribution in [0.25, 0.3) is 22.9 Å². The number of aromatic nitrogens is 2. The van der Waals surface area contributed by atoms with Crippen LogP contribution in [0.15, 0.2) is 83.3 Å². The maximum atomic E-state index is 12.4. The van der Waals surface area contributed by atoms with Gasteiger partial charge in [-0.25, -0.2) is 0 Å². The highest BCUT2D eigenvalue weighted by Gasteiger charge is 2.15. The number of hydrogen-bond acceptors (Lipinski definition) is 5. The molecule has 4 aromatic rings. The average Bonchev–Trinajstić information content (AvgIpc) is 3.27. The first kappa shape index (κ1) is 19.4. The second-order valence-corrected chi connectivity index (χ2v) is 6.92. The predicted molar refractivity (Wildman–Crippen MR) is 115 cm³/mol. The van der Waals surface area contributed by atoms with Gasteiger partial charge in [0.15, 0.2) is 6.10 Å². The van der Waals surface area contributed by atoms with Crippen LogP contribution in [0.4, 0.5) is 5.69 Å². The molecule has 0 saturated heterocycles. The number of ether oxygens (including phenoxy) is 1. The molecule has 1 N–H and O–H groups in total. The first-order valence-electron chi connectivity index (χ1n) is 9.62. The van der Waals surface area contributed by atoms with E-state index in [4.69, 9.17) is 9.15 Å². The first-order valence-corrected chi connectivity index (χ1v) is 9.62. The lowest BCUT2D eigenvalue weighted by Gasteiger charge is -2.15. The molecule has 0 fully saturated rings. The van der Waals surface area contributed by atoms with Gasteiger partial charge in [0.1, 0.15) is 5.75 Å². The van der Waals surface area contributed by atoms with E-state index >= 15 is 0 Å². The van der Waals surface area contributed by atoms with Crippen LogP contribution in [-0.2, 0) is 4.79 Å². The summed E-state index contributed by atoms with van der Waals surface area (Å²) in [7, 11) is 0. The maximum absolute atomic E-state index is 12.4. The van der Waals surface area contributed by atoms with Gasteiger partial charge in [-0.2, -0.15) is 0 Å². The third-order valence-electron chi connectivity index (χ3n) is 4.55. The molecule has 30 heavy (non-hydrogen) atoms. The molecule has 6 nitrogen and oxygen atoms in total. The number of amides is 1. The Kier molecular flexibility index (Phi) is 5.57. The molecule has 1 heterocycles. The third kappa shape index (κ3) is 4.55. The minimum absolute atomic E-state index is 0.229. The van der Waals surface area contributed by atoms with Crippen molar-refractivity contribution in [3.05, 3.63) is 84.4 Å². The van der Waals surface area contributed by atoms with Crippen LogP contribution in [-0.4, -0.2) is 22.2 Å². The van der Waals surface area contributed by atoms with Crippen molar-refractivity contribution in [2.24, 2.45) is 0 Å². The van der Waals surface area contributed by atoms with E-state index in [2.05, 4.69) is 15.5 Å². The number of benzene rings is 3. The molecule has 0 spiro atoms. The number of nitrogens with zero attached hydrogens (tertiary/aromatic N) is 2. The highest BCUT2D eigenvalue weighted by molar-refractivity contribution is 5.94. The first-order chi connectivity index (χ1) is 14.6. The molecule has 0 aliphatic carbocycles. The maximum Gasteiger partial charge on any atom is 0.265 e. The molecule has 0 bridgehead atoms. The molecule has 3 aromatic carbocycles. The Hall–Kier alpha value is -3.93. The van der Waals surface area contributed by atoms with Crippen LogP contribution in [0.5, 0.6) is 5.75 Å². The van der Waals surface area contributed by atoms with Gasteiger partial charge < -0.3 is 14.5 Å². The van der Waals surface area contributed by atoms with E-state index in [0.717, 1.165) is 16.7 Å². The van der Waals surface area contributed by atoms with E-state index in [1.165, 1.54) is 0 Å². The lowest BCUT2D eigenvalue weighted by molar-refractivity contribution is -0.122. The zero-order valence-electron chi connectivity index (χ0n) is 16.7. The fraction of sp³-hybridized carbons (Fsp3) is 0.125. The number of hydrogen-bond donors (Lipinski definition) is 1. The third-order valence-corrected chi connectivity index (χ3v) is 4.55. The van der Waals surface area contributed by atoms with E-state index < -0.39 is 6.10 Å². The number of carbonyl (C=O) groups excluding carboxylic acids is 1. The van der Waals surface area contributed by atoms with Crippen molar-refractivity contribution in [2.45, 2.75) is 20.0 Å². The second-order valence-electron chi connectivity index (χ2n) is 6.92. The molecule has 1 atom stereocenters. The van der Waals surface area contributed by atoms with Gasteiger partial charge in [0.2, 0.25) is 11.8 Å². The molecule has 0 saturated carbocycles. The number of carbonyl (C=O) groups is 1. The lowest BCUT2D eigenvalue weighted by atomic mass is 10.2. The standard InChI is InChI=1S/C24H21N3O3/c1-16-8-14-21(15-9-16)29-17(2)22(28)25-20-12-10-19(11-13-20)24-27-26-23(30-24)18-6-4-3-5-7-18/h3-15,17H,1-2H3,(H,25,28). The van der Waals surface area contributed by atoms with Crippen molar-refractivity contribution in [1.29, 1.82) is 0 Å².